The molecular formula is C21H26N2O2. The quantitative estimate of drug-likeness (QED) is 0.456. The molecule has 0 spiro atoms. The van der Waals surface area contributed by atoms with E-state index in [0.29, 0.717) is 12.1 Å². The second-order valence-electron chi connectivity index (χ2n) is 6.11. The summed E-state index contributed by atoms with van der Waals surface area (Å²) in [7, 11) is 5.70. The molecule has 0 aliphatic heterocycles. The zero-order chi connectivity index (χ0) is 18.1. The van der Waals surface area contributed by atoms with Crippen molar-refractivity contribution < 1.29 is 9.53 Å². The van der Waals surface area contributed by atoms with E-state index in [1.807, 2.05) is 74.8 Å². The SMILES string of the molecule is COc1ccc(/C=C(/C(=O)NCCCN(C)C)c2ccccc2)cc1. The predicted octanol–water partition coefficient (Wildman–Crippen LogP) is 3.30. The summed E-state index contributed by atoms with van der Waals surface area (Å²) in [6.07, 6.45) is 2.83. The van der Waals surface area contributed by atoms with Crippen LogP contribution in [0.2, 0.25) is 0 Å². The van der Waals surface area contributed by atoms with Gasteiger partial charge in [0, 0.05) is 12.1 Å². The fourth-order valence-electron chi connectivity index (χ4n) is 2.46. The molecule has 2 rings (SSSR count). The van der Waals surface area contributed by atoms with Gasteiger partial charge in [0.1, 0.15) is 5.75 Å². The van der Waals surface area contributed by atoms with Crippen LogP contribution in [0.4, 0.5) is 0 Å². The Morgan fingerprint density at radius 3 is 2.36 bits per heavy atom. The standard InChI is InChI=1S/C21H26N2O2/c1-23(2)15-7-14-22-21(24)20(18-8-5-4-6-9-18)16-17-10-12-19(25-3)13-11-17/h4-6,8-13,16H,7,14-15H2,1-3H3,(H,22,24)/b20-16+. The lowest BCUT2D eigenvalue weighted by molar-refractivity contribution is -0.115. The van der Waals surface area contributed by atoms with Crippen LogP contribution in [0.15, 0.2) is 54.6 Å². The van der Waals surface area contributed by atoms with E-state index in [2.05, 4.69) is 10.2 Å². The third kappa shape index (κ3) is 6.08. The number of nitrogens with zero attached hydrogens (tertiary/aromatic N) is 1. The van der Waals surface area contributed by atoms with E-state index in [4.69, 9.17) is 4.74 Å². The number of hydrogen-bond donors (Lipinski definition) is 1. The van der Waals surface area contributed by atoms with E-state index in [0.717, 1.165) is 29.8 Å². The maximum atomic E-state index is 12.7. The highest BCUT2D eigenvalue weighted by atomic mass is 16.5. The van der Waals surface area contributed by atoms with Gasteiger partial charge in [0.15, 0.2) is 0 Å². The van der Waals surface area contributed by atoms with Crippen molar-refractivity contribution in [3.8, 4) is 5.75 Å². The lowest BCUT2D eigenvalue weighted by Crippen LogP contribution is -2.27. The monoisotopic (exact) mass is 338 g/mol. The zero-order valence-corrected chi connectivity index (χ0v) is 15.2. The molecule has 0 radical (unpaired) electrons. The normalized spacial score (nSPS) is 11.4. The Bertz CT molecular complexity index is 692. The number of hydrogen-bond acceptors (Lipinski definition) is 3. The number of ether oxygens (including phenoxy) is 1. The van der Waals surface area contributed by atoms with Gasteiger partial charge in [-0.05, 0) is 56.4 Å². The van der Waals surface area contributed by atoms with Crippen molar-refractivity contribution in [3.63, 3.8) is 0 Å². The van der Waals surface area contributed by atoms with E-state index in [1.54, 1.807) is 7.11 Å². The Hall–Kier alpha value is -2.59. The summed E-state index contributed by atoms with van der Waals surface area (Å²) in [6.45, 7) is 1.60. The van der Waals surface area contributed by atoms with Crippen LogP contribution in [0.3, 0.4) is 0 Å². The summed E-state index contributed by atoms with van der Waals surface area (Å²) < 4.78 is 5.19. The highest BCUT2D eigenvalue weighted by molar-refractivity contribution is 6.24. The van der Waals surface area contributed by atoms with Gasteiger partial charge in [0.05, 0.1) is 7.11 Å². The van der Waals surface area contributed by atoms with Crippen LogP contribution < -0.4 is 10.1 Å². The number of amides is 1. The first-order valence-electron chi connectivity index (χ1n) is 8.44. The molecule has 4 nitrogen and oxygen atoms in total. The molecule has 0 saturated carbocycles. The Morgan fingerprint density at radius 1 is 1.08 bits per heavy atom. The van der Waals surface area contributed by atoms with Gasteiger partial charge in [0.25, 0.3) is 5.91 Å². The topological polar surface area (TPSA) is 41.6 Å². The van der Waals surface area contributed by atoms with E-state index >= 15 is 0 Å². The fraction of sp³-hybridized carbons (Fsp3) is 0.286. The molecule has 0 fully saturated rings. The highest BCUT2D eigenvalue weighted by Crippen LogP contribution is 2.20. The van der Waals surface area contributed by atoms with Crippen LogP contribution in [0.25, 0.3) is 11.6 Å². The maximum absolute atomic E-state index is 12.7. The first-order valence-corrected chi connectivity index (χ1v) is 8.44. The summed E-state index contributed by atoms with van der Waals surface area (Å²) in [5.74, 6) is 0.743. The summed E-state index contributed by atoms with van der Waals surface area (Å²) in [6, 6.07) is 17.4. The van der Waals surface area contributed by atoms with Crippen LogP contribution in [0.1, 0.15) is 17.5 Å². The molecule has 25 heavy (non-hydrogen) atoms. The van der Waals surface area contributed by atoms with E-state index in [9.17, 15) is 4.79 Å². The van der Waals surface area contributed by atoms with E-state index in [1.165, 1.54) is 0 Å². The first-order chi connectivity index (χ1) is 12.1. The van der Waals surface area contributed by atoms with Gasteiger partial charge in [-0.3, -0.25) is 4.79 Å². The zero-order valence-electron chi connectivity index (χ0n) is 15.2. The van der Waals surface area contributed by atoms with Gasteiger partial charge >= 0.3 is 0 Å². The third-order valence-electron chi connectivity index (χ3n) is 3.82. The summed E-state index contributed by atoms with van der Waals surface area (Å²) in [5.41, 5.74) is 2.53. The van der Waals surface area contributed by atoms with Crippen LogP contribution in [-0.4, -0.2) is 45.1 Å². The van der Waals surface area contributed by atoms with Crippen LogP contribution >= 0.6 is 0 Å². The number of benzene rings is 2. The molecule has 1 amide bonds. The molecule has 0 atom stereocenters. The van der Waals surface area contributed by atoms with Crippen molar-refractivity contribution in [1.82, 2.24) is 10.2 Å². The molecule has 0 aliphatic rings. The summed E-state index contributed by atoms with van der Waals surface area (Å²) in [4.78, 5) is 14.8. The highest BCUT2D eigenvalue weighted by Gasteiger charge is 2.11. The van der Waals surface area contributed by atoms with Gasteiger partial charge in [-0.25, -0.2) is 0 Å². The van der Waals surface area contributed by atoms with Crippen molar-refractivity contribution in [2.45, 2.75) is 6.42 Å². The minimum absolute atomic E-state index is 0.0548. The van der Waals surface area contributed by atoms with Crippen molar-refractivity contribution >= 4 is 17.6 Å². The van der Waals surface area contributed by atoms with Crippen molar-refractivity contribution in [2.24, 2.45) is 0 Å². The minimum atomic E-state index is -0.0548. The Balaban J connectivity index is 2.18. The molecule has 4 heteroatoms. The average Bonchev–Trinajstić information content (AvgIpc) is 2.64. The molecular weight excluding hydrogens is 312 g/mol. The third-order valence-corrected chi connectivity index (χ3v) is 3.82. The maximum Gasteiger partial charge on any atom is 0.251 e. The van der Waals surface area contributed by atoms with Gasteiger partial charge in [0.2, 0.25) is 0 Å². The number of rotatable bonds is 8. The molecule has 2 aromatic rings. The lowest BCUT2D eigenvalue weighted by Gasteiger charge is -2.12. The second kappa shape index (κ2) is 9.64. The smallest absolute Gasteiger partial charge is 0.251 e. The largest absolute Gasteiger partial charge is 0.497 e. The van der Waals surface area contributed by atoms with Gasteiger partial charge < -0.3 is 15.0 Å². The van der Waals surface area contributed by atoms with E-state index in [-0.39, 0.29) is 5.91 Å². The number of methoxy groups -OCH3 is 1. The lowest BCUT2D eigenvalue weighted by atomic mass is 10.0. The van der Waals surface area contributed by atoms with Gasteiger partial charge in [-0.2, -0.15) is 0 Å². The molecule has 2 aromatic carbocycles. The van der Waals surface area contributed by atoms with Crippen LogP contribution in [0.5, 0.6) is 5.75 Å². The van der Waals surface area contributed by atoms with Crippen LogP contribution in [0, 0.1) is 0 Å². The first kappa shape index (κ1) is 18.7. The molecule has 0 bridgehead atoms. The summed E-state index contributed by atoms with van der Waals surface area (Å²) in [5, 5.41) is 3.02. The Labute approximate surface area is 150 Å². The molecule has 0 unspecified atom stereocenters. The fourth-order valence-corrected chi connectivity index (χ4v) is 2.46. The van der Waals surface area contributed by atoms with Crippen molar-refractivity contribution in [2.75, 3.05) is 34.3 Å². The molecule has 0 saturated heterocycles. The second-order valence-corrected chi connectivity index (χ2v) is 6.11. The van der Waals surface area contributed by atoms with Crippen molar-refractivity contribution in [3.05, 3.63) is 65.7 Å². The minimum Gasteiger partial charge on any atom is -0.497 e. The van der Waals surface area contributed by atoms with Crippen molar-refractivity contribution in [1.29, 1.82) is 0 Å². The molecule has 132 valence electrons. The summed E-state index contributed by atoms with van der Waals surface area (Å²) >= 11 is 0. The number of nitrogens with one attached hydrogen (secondary N) is 1. The molecule has 1 N–H and O–H groups in total. The Morgan fingerprint density at radius 2 is 1.76 bits per heavy atom. The Kier molecular flexibility index (Phi) is 7.23. The van der Waals surface area contributed by atoms with E-state index < -0.39 is 0 Å². The van der Waals surface area contributed by atoms with Gasteiger partial charge in [-0.15, -0.1) is 0 Å². The number of carbonyl (C=O) groups excluding carboxylic acids is 1. The number of carbonyl (C=O) groups is 1. The molecule has 0 aromatic heterocycles. The molecule has 0 aliphatic carbocycles. The van der Waals surface area contributed by atoms with Gasteiger partial charge in [-0.1, -0.05) is 42.5 Å². The molecule has 0 heterocycles. The predicted molar refractivity (Wildman–Crippen MR) is 103 cm³/mol. The van der Waals surface area contributed by atoms with Crippen LogP contribution in [-0.2, 0) is 4.79 Å². The average molecular weight is 338 g/mol.